The van der Waals surface area contributed by atoms with Crippen LogP contribution in [0.25, 0.3) is 0 Å². The van der Waals surface area contributed by atoms with Crippen LogP contribution in [-0.4, -0.2) is 18.1 Å². The summed E-state index contributed by atoms with van der Waals surface area (Å²) >= 11 is 3.52. The van der Waals surface area contributed by atoms with Crippen LogP contribution in [0, 0.1) is 20.8 Å². The quantitative estimate of drug-likeness (QED) is 0.461. The van der Waals surface area contributed by atoms with Gasteiger partial charge in [0.2, 0.25) is 0 Å². The molecule has 0 aliphatic heterocycles. The van der Waals surface area contributed by atoms with Gasteiger partial charge in [-0.2, -0.15) is 0 Å². The largest absolute Gasteiger partial charge is 0.489 e. The van der Waals surface area contributed by atoms with E-state index in [9.17, 15) is 4.79 Å². The van der Waals surface area contributed by atoms with Crippen molar-refractivity contribution in [2.45, 2.75) is 27.4 Å². The van der Waals surface area contributed by atoms with Crippen LogP contribution in [0.15, 0.2) is 34.8 Å². The number of hydrogen-bond donors (Lipinski definition) is 2. The van der Waals surface area contributed by atoms with Crippen molar-refractivity contribution in [1.29, 1.82) is 0 Å². The van der Waals surface area contributed by atoms with Crippen LogP contribution in [0.5, 0.6) is 5.75 Å². The normalized spacial score (nSPS) is 10.5. The highest BCUT2D eigenvalue weighted by atomic mass is 79.9. The van der Waals surface area contributed by atoms with E-state index in [1.807, 2.05) is 45.0 Å². The van der Waals surface area contributed by atoms with Crippen molar-refractivity contribution in [3.63, 3.8) is 0 Å². The van der Waals surface area contributed by atoms with Crippen LogP contribution < -0.4 is 21.4 Å². The Balaban J connectivity index is 2.31. The number of aryl methyl sites for hydroxylation is 1. The third-order valence-electron chi connectivity index (χ3n) is 4.20. The van der Waals surface area contributed by atoms with Crippen LogP contribution >= 0.6 is 15.9 Å². The molecule has 0 fully saturated rings. The number of nitrogens with zero attached hydrogens (tertiary/aromatic N) is 2. The SMILES string of the molecule is Cc1cccc(N(N)C(=O)N(C)N)c1COc1ccc(Br)c(C)c1C. The first-order valence-electron chi connectivity index (χ1n) is 7.78. The average Bonchev–Trinajstić information content (AvgIpc) is 2.58. The maximum atomic E-state index is 12.1. The minimum atomic E-state index is -0.512. The van der Waals surface area contributed by atoms with Crippen LogP contribution in [0.2, 0.25) is 0 Å². The lowest BCUT2D eigenvalue weighted by Crippen LogP contribution is -2.49. The molecule has 7 heteroatoms. The number of anilines is 1. The van der Waals surface area contributed by atoms with Crippen LogP contribution in [-0.2, 0) is 6.61 Å². The molecule has 2 rings (SSSR count). The van der Waals surface area contributed by atoms with E-state index in [1.165, 1.54) is 7.05 Å². The average molecular weight is 407 g/mol. The summed E-state index contributed by atoms with van der Waals surface area (Å²) in [5, 5.41) is 1.97. The molecule has 2 aromatic carbocycles. The lowest BCUT2D eigenvalue weighted by molar-refractivity contribution is 0.216. The van der Waals surface area contributed by atoms with Crippen molar-refractivity contribution in [3.05, 3.63) is 57.1 Å². The number of halogens is 1. The summed E-state index contributed by atoms with van der Waals surface area (Å²) in [6.07, 6.45) is 0. The predicted octanol–water partition coefficient (Wildman–Crippen LogP) is 3.56. The van der Waals surface area contributed by atoms with Gasteiger partial charge in [0, 0.05) is 17.1 Å². The number of ether oxygens (including phenoxy) is 1. The van der Waals surface area contributed by atoms with Crippen molar-refractivity contribution in [2.24, 2.45) is 11.7 Å². The Bertz CT molecular complexity index is 793. The monoisotopic (exact) mass is 406 g/mol. The van der Waals surface area contributed by atoms with E-state index in [-0.39, 0.29) is 0 Å². The van der Waals surface area contributed by atoms with Gasteiger partial charge in [-0.1, -0.05) is 28.1 Å². The van der Waals surface area contributed by atoms with E-state index in [1.54, 1.807) is 6.07 Å². The molecular weight excluding hydrogens is 384 g/mol. The number of amides is 2. The van der Waals surface area contributed by atoms with Gasteiger partial charge in [0.25, 0.3) is 0 Å². The zero-order chi connectivity index (χ0) is 18.7. The fourth-order valence-electron chi connectivity index (χ4n) is 2.44. The number of hydrazine groups is 2. The van der Waals surface area contributed by atoms with Crippen molar-refractivity contribution in [3.8, 4) is 5.75 Å². The Hall–Kier alpha value is -2.09. The van der Waals surface area contributed by atoms with Gasteiger partial charge < -0.3 is 4.74 Å². The predicted molar refractivity (Wildman–Crippen MR) is 103 cm³/mol. The molecule has 0 saturated heterocycles. The zero-order valence-electron chi connectivity index (χ0n) is 14.8. The molecule has 0 unspecified atom stereocenters. The molecule has 25 heavy (non-hydrogen) atoms. The third-order valence-corrected chi connectivity index (χ3v) is 5.06. The Morgan fingerprint density at radius 2 is 1.80 bits per heavy atom. The fraction of sp³-hybridized carbons (Fsp3) is 0.278. The summed E-state index contributed by atoms with van der Waals surface area (Å²) in [7, 11) is 1.45. The Morgan fingerprint density at radius 3 is 2.44 bits per heavy atom. The molecule has 0 heterocycles. The van der Waals surface area contributed by atoms with Crippen molar-refractivity contribution < 1.29 is 9.53 Å². The number of rotatable bonds is 4. The fourth-order valence-corrected chi connectivity index (χ4v) is 2.87. The number of hydrogen-bond acceptors (Lipinski definition) is 4. The summed E-state index contributed by atoms with van der Waals surface area (Å²) in [6, 6.07) is 8.93. The van der Waals surface area contributed by atoms with Gasteiger partial charge in [0.1, 0.15) is 12.4 Å². The van der Waals surface area contributed by atoms with Crippen LogP contribution in [0.1, 0.15) is 22.3 Å². The van der Waals surface area contributed by atoms with E-state index < -0.39 is 6.03 Å². The molecule has 0 aliphatic rings. The van der Waals surface area contributed by atoms with E-state index >= 15 is 0 Å². The van der Waals surface area contributed by atoms with Gasteiger partial charge in [-0.15, -0.1) is 0 Å². The zero-order valence-corrected chi connectivity index (χ0v) is 16.4. The maximum Gasteiger partial charge on any atom is 0.352 e. The molecule has 0 bridgehead atoms. The first-order valence-corrected chi connectivity index (χ1v) is 8.57. The molecule has 6 nitrogen and oxygen atoms in total. The summed E-state index contributed by atoms with van der Waals surface area (Å²) in [6.45, 7) is 6.28. The Kier molecular flexibility index (Phi) is 6.05. The first kappa shape index (κ1) is 19.2. The molecule has 4 N–H and O–H groups in total. The van der Waals surface area contributed by atoms with Crippen molar-refractivity contribution >= 4 is 27.6 Å². The number of nitrogens with two attached hydrogens (primary N) is 2. The van der Waals surface area contributed by atoms with Gasteiger partial charge in [0.15, 0.2) is 0 Å². The van der Waals surface area contributed by atoms with Gasteiger partial charge in [-0.05, 0) is 55.7 Å². The van der Waals surface area contributed by atoms with Gasteiger partial charge in [0.05, 0.1) is 5.69 Å². The molecule has 0 spiro atoms. The van der Waals surface area contributed by atoms with E-state index in [0.29, 0.717) is 12.3 Å². The Morgan fingerprint density at radius 1 is 1.12 bits per heavy atom. The third kappa shape index (κ3) is 4.12. The van der Waals surface area contributed by atoms with E-state index in [2.05, 4.69) is 15.9 Å². The van der Waals surface area contributed by atoms with Crippen LogP contribution in [0.3, 0.4) is 0 Å². The Labute approximate surface area is 156 Å². The number of carbonyl (C=O) groups excluding carboxylic acids is 1. The summed E-state index contributed by atoms with van der Waals surface area (Å²) < 4.78 is 7.05. The molecule has 2 aromatic rings. The standard InChI is InChI=1S/C18H23BrN4O2/c1-11-6-5-7-16(23(21)18(24)22(4)20)14(11)10-25-17-9-8-15(19)12(2)13(17)3/h5-9H,10,20-21H2,1-4H3. The van der Waals surface area contributed by atoms with E-state index in [4.69, 9.17) is 16.4 Å². The van der Waals surface area contributed by atoms with Crippen LogP contribution in [0.4, 0.5) is 10.5 Å². The molecule has 0 radical (unpaired) electrons. The van der Waals surface area contributed by atoms with Crippen molar-refractivity contribution in [2.75, 3.05) is 12.1 Å². The summed E-state index contributed by atoms with van der Waals surface area (Å²) in [5.74, 6) is 12.2. The van der Waals surface area contributed by atoms with Crippen molar-refractivity contribution in [1.82, 2.24) is 5.01 Å². The minimum Gasteiger partial charge on any atom is -0.489 e. The molecule has 0 aliphatic carbocycles. The molecule has 0 atom stereocenters. The molecule has 0 aromatic heterocycles. The highest BCUT2D eigenvalue weighted by molar-refractivity contribution is 9.10. The number of benzene rings is 2. The lowest BCUT2D eigenvalue weighted by Gasteiger charge is -2.24. The highest BCUT2D eigenvalue weighted by Gasteiger charge is 2.19. The molecule has 0 saturated carbocycles. The summed E-state index contributed by atoms with van der Waals surface area (Å²) in [5.41, 5.74) is 4.57. The lowest BCUT2D eigenvalue weighted by atomic mass is 10.1. The number of urea groups is 1. The second kappa shape index (κ2) is 7.86. The molecule has 2 amide bonds. The van der Waals surface area contributed by atoms with E-state index in [0.717, 1.165) is 42.5 Å². The van der Waals surface area contributed by atoms with Gasteiger partial charge in [-0.3, -0.25) is 5.01 Å². The topological polar surface area (TPSA) is 84.8 Å². The highest BCUT2D eigenvalue weighted by Crippen LogP contribution is 2.30. The second-order valence-electron chi connectivity index (χ2n) is 5.92. The maximum absolute atomic E-state index is 12.1. The van der Waals surface area contributed by atoms with Gasteiger partial charge in [-0.25, -0.2) is 21.5 Å². The smallest absolute Gasteiger partial charge is 0.352 e. The first-order chi connectivity index (χ1) is 11.7. The molecular formula is C18H23BrN4O2. The van der Waals surface area contributed by atoms with Gasteiger partial charge >= 0.3 is 6.03 Å². The molecule has 134 valence electrons. The summed E-state index contributed by atoms with van der Waals surface area (Å²) in [4.78, 5) is 12.1. The number of carbonyl (C=O) groups is 1. The minimum absolute atomic E-state index is 0.291. The second-order valence-corrected chi connectivity index (χ2v) is 6.77.